The SMILES string of the molecule is CC1(C)CCCc2[nH]c(C(=O)O)cc2C1. The van der Waals surface area contributed by atoms with Crippen LogP contribution in [0.5, 0.6) is 0 Å². The van der Waals surface area contributed by atoms with Crippen LogP contribution in [0.4, 0.5) is 0 Å². The number of fused-ring (bicyclic) bond motifs is 1. The van der Waals surface area contributed by atoms with E-state index in [9.17, 15) is 4.79 Å². The zero-order chi connectivity index (χ0) is 11.1. The first kappa shape index (κ1) is 10.3. The fourth-order valence-corrected chi connectivity index (χ4v) is 2.38. The number of aromatic amines is 1. The number of hydrogen-bond donors (Lipinski definition) is 2. The highest BCUT2D eigenvalue weighted by molar-refractivity contribution is 5.86. The van der Waals surface area contributed by atoms with Gasteiger partial charge in [-0.05, 0) is 42.7 Å². The summed E-state index contributed by atoms with van der Waals surface area (Å²) in [6.07, 6.45) is 4.30. The van der Waals surface area contributed by atoms with E-state index in [1.165, 1.54) is 12.0 Å². The Morgan fingerprint density at radius 2 is 2.27 bits per heavy atom. The molecule has 3 nitrogen and oxygen atoms in total. The standard InChI is InChI=1S/C12H17NO2/c1-12(2)5-3-4-9-8(7-12)6-10(13-9)11(14)15/h6,13H,3-5,7H2,1-2H3,(H,14,15). The van der Waals surface area contributed by atoms with Gasteiger partial charge in [-0.2, -0.15) is 0 Å². The van der Waals surface area contributed by atoms with Crippen LogP contribution in [0.3, 0.4) is 0 Å². The third-order valence-corrected chi connectivity index (χ3v) is 3.17. The first-order valence-corrected chi connectivity index (χ1v) is 5.42. The molecule has 82 valence electrons. The van der Waals surface area contributed by atoms with Crippen LogP contribution in [-0.4, -0.2) is 16.1 Å². The zero-order valence-electron chi connectivity index (χ0n) is 9.26. The number of aromatic carboxylic acids is 1. The number of carboxylic acid groups (broad SMARTS) is 1. The Morgan fingerprint density at radius 1 is 1.53 bits per heavy atom. The maximum atomic E-state index is 10.8. The van der Waals surface area contributed by atoms with Crippen molar-refractivity contribution in [3.05, 3.63) is 23.0 Å². The highest BCUT2D eigenvalue weighted by Gasteiger charge is 2.25. The molecule has 0 unspecified atom stereocenters. The van der Waals surface area contributed by atoms with Crippen molar-refractivity contribution in [3.63, 3.8) is 0 Å². The molecule has 0 bridgehead atoms. The van der Waals surface area contributed by atoms with Crippen LogP contribution in [0.1, 0.15) is 48.4 Å². The average Bonchev–Trinajstić information content (AvgIpc) is 2.42. The van der Waals surface area contributed by atoms with Crippen molar-refractivity contribution in [1.29, 1.82) is 0 Å². The van der Waals surface area contributed by atoms with E-state index in [-0.39, 0.29) is 0 Å². The minimum atomic E-state index is -0.860. The van der Waals surface area contributed by atoms with Crippen molar-refractivity contribution in [1.82, 2.24) is 4.98 Å². The first-order chi connectivity index (χ1) is 6.98. The molecule has 0 saturated heterocycles. The molecule has 0 spiro atoms. The summed E-state index contributed by atoms with van der Waals surface area (Å²) in [7, 11) is 0. The summed E-state index contributed by atoms with van der Waals surface area (Å²) in [5.41, 5.74) is 2.94. The molecule has 0 amide bonds. The molecule has 1 aliphatic rings. The van der Waals surface area contributed by atoms with Crippen molar-refractivity contribution in [2.45, 2.75) is 39.5 Å². The minimum Gasteiger partial charge on any atom is -0.477 e. The topological polar surface area (TPSA) is 53.1 Å². The lowest BCUT2D eigenvalue weighted by Gasteiger charge is -2.21. The van der Waals surface area contributed by atoms with Gasteiger partial charge in [0.1, 0.15) is 5.69 Å². The number of hydrogen-bond acceptors (Lipinski definition) is 1. The van der Waals surface area contributed by atoms with E-state index in [4.69, 9.17) is 5.11 Å². The Kier molecular flexibility index (Phi) is 2.33. The molecule has 0 fully saturated rings. The molecule has 0 radical (unpaired) electrons. The fraction of sp³-hybridized carbons (Fsp3) is 0.583. The molecule has 15 heavy (non-hydrogen) atoms. The largest absolute Gasteiger partial charge is 0.477 e. The van der Waals surface area contributed by atoms with E-state index in [0.717, 1.165) is 25.0 Å². The third-order valence-electron chi connectivity index (χ3n) is 3.17. The van der Waals surface area contributed by atoms with E-state index in [2.05, 4.69) is 18.8 Å². The van der Waals surface area contributed by atoms with Gasteiger partial charge >= 0.3 is 5.97 Å². The van der Waals surface area contributed by atoms with Crippen LogP contribution >= 0.6 is 0 Å². The maximum absolute atomic E-state index is 10.8. The summed E-state index contributed by atoms with van der Waals surface area (Å²) in [6, 6.07) is 1.80. The zero-order valence-corrected chi connectivity index (χ0v) is 9.26. The summed E-state index contributed by atoms with van der Waals surface area (Å²) in [4.78, 5) is 13.8. The second kappa shape index (κ2) is 3.40. The second-order valence-corrected chi connectivity index (χ2v) is 5.19. The van der Waals surface area contributed by atoms with Crippen molar-refractivity contribution in [3.8, 4) is 0 Å². The molecule has 0 atom stereocenters. The van der Waals surface area contributed by atoms with Crippen LogP contribution in [0.2, 0.25) is 0 Å². The van der Waals surface area contributed by atoms with Gasteiger partial charge in [0, 0.05) is 5.69 Å². The smallest absolute Gasteiger partial charge is 0.352 e. The van der Waals surface area contributed by atoms with Gasteiger partial charge in [0.05, 0.1) is 0 Å². The van der Waals surface area contributed by atoms with Crippen LogP contribution in [0, 0.1) is 5.41 Å². The Bertz CT molecular complexity index is 390. The van der Waals surface area contributed by atoms with Crippen molar-refractivity contribution in [2.75, 3.05) is 0 Å². The number of carboxylic acids is 1. The van der Waals surface area contributed by atoms with Gasteiger partial charge < -0.3 is 10.1 Å². The predicted octanol–water partition coefficient (Wildman–Crippen LogP) is 2.62. The summed E-state index contributed by atoms with van der Waals surface area (Å²) in [5.74, 6) is -0.860. The van der Waals surface area contributed by atoms with Crippen LogP contribution < -0.4 is 0 Å². The van der Waals surface area contributed by atoms with Crippen molar-refractivity contribution >= 4 is 5.97 Å². The monoisotopic (exact) mass is 207 g/mol. The number of nitrogens with one attached hydrogen (secondary N) is 1. The van der Waals surface area contributed by atoms with Crippen molar-refractivity contribution in [2.24, 2.45) is 5.41 Å². The Morgan fingerprint density at radius 3 is 2.93 bits per heavy atom. The molecule has 1 aromatic rings. The number of carbonyl (C=O) groups is 1. The molecular formula is C12H17NO2. The maximum Gasteiger partial charge on any atom is 0.352 e. The molecule has 0 aromatic carbocycles. The van der Waals surface area contributed by atoms with Crippen LogP contribution in [0.25, 0.3) is 0 Å². The van der Waals surface area contributed by atoms with Gasteiger partial charge in [-0.3, -0.25) is 0 Å². The normalized spacial score (nSPS) is 19.3. The predicted molar refractivity (Wildman–Crippen MR) is 58.2 cm³/mol. The Balaban J connectivity index is 2.35. The quantitative estimate of drug-likeness (QED) is 0.695. The van der Waals surface area contributed by atoms with E-state index < -0.39 is 5.97 Å². The van der Waals surface area contributed by atoms with E-state index in [1.807, 2.05) is 0 Å². The molecule has 3 heteroatoms. The molecular weight excluding hydrogens is 190 g/mol. The summed E-state index contributed by atoms with van der Waals surface area (Å²) >= 11 is 0. The number of aromatic nitrogens is 1. The Labute approximate surface area is 89.5 Å². The first-order valence-electron chi connectivity index (χ1n) is 5.42. The minimum absolute atomic E-state index is 0.295. The van der Waals surface area contributed by atoms with Gasteiger partial charge in [-0.15, -0.1) is 0 Å². The lowest BCUT2D eigenvalue weighted by Crippen LogP contribution is -2.12. The lowest BCUT2D eigenvalue weighted by atomic mass is 9.84. The molecule has 1 heterocycles. The van der Waals surface area contributed by atoms with E-state index in [0.29, 0.717) is 11.1 Å². The summed E-state index contributed by atoms with van der Waals surface area (Å²) in [5, 5.41) is 8.90. The highest BCUT2D eigenvalue weighted by Crippen LogP contribution is 2.33. The highest BCUT2D eigenvalue weighted by atomic mass is 16.4. The van der Waals surface area contributed by atoms with E-state index >= 15 is 0 Å². The fourth-order valence-electron chi connectivity index (χ4n) is 2.38. The molecule has 0 saturated carbocycles. The van der Waals surface area contributed by atoms with E-state index in [1.54, 1.807) is 6.07 Å². The second-order valence-electron chi connectivity index (χ2n) is 5.19. The average molecular weight is 207 g/mol. The third kappa shape index (κ3) is 2.06. The molecule has 2 N–H and O–H groups in total. The van der Waals surface area contributed by atoms with Gasteiger partial charge in [0.25, 0.3) is 0 Å². The summed E-state index contributed by atoms with van der Waals surface area (Å²) in [6.45, 7) is 4.49. The van der Waals surface area contributed by atoms with Gasteiger partial charge in [-0.1, -0.05) is 13.8 Å². The van der Waals surface area contributed by atoms with Gasteiger partial charge in [0.15, 0.2) is 0 Å². The molecule has 1 aromatic heterocycles. The van der Waals surface area contributed by atoms with Gasteiger partial charge in [0.2, 0.25) is 0 Å². The number of H-pyrrole nitrogens is 1. The number of rotatable bonds is 1. The Hall–Kier alpha value is -1.25. The van der Waals surface area contributed by atoms with Crippen molar-refractivity contribution < 1.29 is 9.90 Å². The van der Waals surface area contributed by atoms with Gasteiger partial charge in [-0.25, -0.2) is 4.79 Å². The molecule has 1 aliphatic carbocycles. The molecule has 0 aliphatic heterocycles. The lowest BCUT2D eigenvalue weighted by molar-refractivity contribution is 0.0691. The summed E-state index contributed by atoms with van der Waals surface area (Å²) < 4.78 is 0. The van der Waals surface area contributed by atoms with Crippen LogP contribution in [0.15, 0.2) is 6.07 Å². The molecule has 2 rings (SSSR count). The van der Waals surface area contributed by atoms with Crippen LogP contribution in [-0.2, 0) is 12.8 Å². The number of aryl methyl sites for hydroxylation is 1.